The Labute approximate surface area is 182 Å². The zero-order chi connectivity index (χ0) is 21.1. The fourth-order valence-electron chi connectivity index (χ4n) is 4.85. The fourth-order valence-corrected chi connectivity index (χ4v) is 5.64. The van der Waals surface area contributed by atoms with Gasteiger partial charge in [0.05, 0.1) is 11.3 Å². The molecular weight excluding hydrogens is 396 g/mol. The lowest BCUT2D eigenvalue weighted by molar-refractivity contribution is -0.144. The molecule has 1 aromatic heterocycles. The standard InChI is InChI=1S/C23H30N4O2S/c1-16-19(14-25-26-16)21(28)27-11-6-10-23(15-27,22(29)24-2)13-17-7-3-4-8-18(17)20-9-5-12-30-20/h3-5,7-9,12,16,19,25-26H,6,10-11,13-15H2,1-2H3,(H,24,29). The van der Waals surface area contributed by atoms with Crippen molar-refractivity contribution in [3.8, 4) is 10.4 Å². The van der Waals surface area contributed by atoms with Crippen LogP contribution in [-0.2, 0) is 16.0 Å². The Hall–Kier alpha value is -2.22. The van der Waals surface area contributed by atoms with E-state index in [-0.39, 0.29) is 23.8 Å². The number of hydrazine groups is 1. The molecule has 6 nitrogen and oxygen atoms in total. The molecule has 2 aromatic rings. The third-order valence-corrected chi connectivity index (χ3v) is 7.41. The topological polar surface area (TPSA) is 73.5 Å². The molecule has 0 aliphatic carbocycles. The van der Waals surface area contributed by atoms with Crippen molar-refractivity contribution in [1.29, 1.82) is 0 Å². The molecule has 2 saturated heterocycles. The maximum absolute atomic E-state index is 13.2. The van der Waals surface area contributed by atoms with E-state index in [2.05, 4.69) is 45.8 Å². The first-order valence-electron chi connectivity index (χ1n) is 10.7. The third-order valence-electron chi connectivity index (χ3n) is 6.50. The maximum atomic E-state index is 13.2. The number of amides is 2. The zero-order valence-electron chi connectivity index (χ0n) is 17.6. The van der Waals surface area contributed by atoms with E-state index in [9.17, 15) is 9.59 Å². The van der Waals surface area contributed by atoms with Crippen molar-refractivity contribution in [2.45, 2.75) is 32.2 Å². The first kappa shape index (κ1) is 21.0. The van der Waals surface area contributed by atoms with Crippen molar-refractivity contribution in [3.05, 3.63) is 47.3 Å². The molecule has 7 heteroatoms. The average molecular weight is 427 g/mol. The minimum absolute atomic E-state index is 0.0247. The first-order valence-corrected chi connectivity index (χ1v) is 11.5. The van der Waals surface area contributed by atoms with Gasteiger partial charge < -0.3 is 10.2 Å². The molecule has 160 valence electrons. The van der Waals surface area contributed by atoms with Crippen LogP contribution < -0.4 is 16.2 Å². The molecule has 2 fully saturated rings. The summed E-state index contributed by atoms with van der Waals surface area (Å²) >= 11 is 1.71. The predicted molar refractivity (Wildman–Crippen MR) is 120 cm³/mol. The van der Waals surface area contributed by atoms with Crippen molar-refractivity contribution < 1.29 is 9.59 Å². The van der Waals surface area contributed by atoms with E-state index in [1.54, 1.807) is 18.4 Å². The van der Waals surface area contributed by atoms with Gasteiger partial charge in [-0.25, -0.2) is 0 Å². The lowest BCUT2D eigenvalue weighted by Crippen LogP contribution is -2.55. The monoisotopic (exact) mass is 426 g/mol. The van der Waals surface area contributed by atoms with Crippen LogP contribution in [0.3, 0.4) is 0 Å². The molecule has 1 aromatic carbocycles. The van der Waals surface area contributed by atoms with E-state index in [1.807, 2.05) is 24.0 Å². The Kier molecular flexibility index (Phi) is 6.22. The van der Waals surface area contributed by atoms with Crippen molar-refractivity contribution in [1.82, 2.24) is 21.1 Å². The highest BCUT2D eigenvalue weighted by Crippen LogP contribution is 2.38. The second-order valence-corrected chi connectivity index (χ2v) is 9.40. The van der Waals surface area contributed by atoms with Crippen LogP contribution in [0.15, 0.2) is 41.8 Å². The minimum Gasteiger partial charge on any atom is -0.359 e. The molecule has 4 rings (SSSR count). The Balaban J connectivity index is 1.63. The summed E-state index contributed by atoms with van der Waals surface area (Å²) in [6.45, 7) is 3.83. The lowest BCUT2D eigenvalue weighted by Gasteiger charge is -2.42. The second-order valence-electron chi connectivity index (χ2n) is 8.45. The molecule has 3 heterocycles. The van der Waals surface area contributed by atoms with Crippen LogP contribution in [0.1, 0.15) is 25.3 Å². The number of likely N-dealkylation sites (tertiary alicyclic amines) is 1. The van der Waals surface area contributed by atoms with Gasteiger partial charge in [-0.05, 0) is 48.8 Å². The zero-order valence-corrected chi connectivity index (χ0v) is 18.4. The maximum Gasteiger partial charge on any atom is 0.228 e. The van der Waals surface area contributed by atoms with Crippen molar-refractivity contribution in [3.63, 3.8) is 0 Å². The van der Waals surface area contributed by atoms with E-state index in [0.29, 0.717) is 26.1 Å². The molecular formula is C23H30N4O2S. The van der Waals surface area contributed by atoms with Gasteiger partial charge in [0.1, 0.15) is 0 Å². The average Bonchev–Trinajstić information content (AvgIpc) is 3.45. The Morgan fingerprint density at radius 3 is 2.80 bits per heavy atom. The van der Waals surface area contributed by atoms with Crippen LogP contribution in [0.25, 0.3) is 10.4 Å². The Morgan fingerprint density at radius 1 is 1.27 bits per heavy atom. The molecule has 2 aliphatic heterocycles. The van der Waals surface area contributed by atoms with Gasteiger partial charge in [-0.3, -0.25) is 20.4 Å². The molecule has 2 aliphatic rings. The number of hydrogen-bond donors (Lipinski definition) is 3. The van der Waals surface area contributed by atoms with E-state index in [4.69, 9.17) is 0 Å². The summed E-state index contributed by atoms with van der Waals surface area (Å²) in [7, 11) is 1.70. The summed E-state index contributed by atoms with van der Waals surface area (Å²) in [5, 5.41) is 4.96. The molecule has 3 atom stereocenters. The fraction of sp³-hybridized carbons (Fsp3) is 0.478. The number of benzene rings is 1. The number of carbonyl (C=O) groups is 2. The van der Waals surface area contributed by atoms with Crippen LogP contribution in [0, 0.1) is 11.3 Å². The highest BCUT2D eigenvalue weighted by atomic mass is 32.1. The largest absolute Gasteiger partial charge is 0.359 e. The quantitative estimate of drug-likeness (QED) is 0.687. The number of rotatable bonds is 5. The molecule has 2 amide bonds. The van der Waals surface area contributed by atoms with Gasteiger partial charge in [0, 0.05) is 37.6 Å². The van der Waals surface area contributed by atoms with Gasteiger partial charge in [-0.1, -0.05) is 30.3 Å². The smallest absolute Gasteiger partial charge is 0.228 e. The molecule has 0 radical (unpaired) electrons. The molecule has 0 bridgehead atoms. The van der Waals surface area contributed by atoms with E-state index < -0.39 is 5.41 Å². The van der Waals surface area contributed by atoms with Gasteiger partial charge in [0.2, 0.25) is 11.8 Å². The lowest BCUT2D eigenvalue weighted by atomic mass is 9.73. The number of hydrogen-bond acceptors (Lipinski definition) is 5. The van der Waals surface area contributed by atoms with Crippen LogP contribution >= 0.6 is 11.3 Å². The molecule has 0 saturated carbocycles. The van der Waals surface area contributed by atoms with Crippen LogP contribution in [0.5, 0.6) is 0 Å². The number of piperidine rings is 1. The number of nitrogens with zero attached hydrogens (tertiary/aromatic N) is 1. The summed E-state index contributed by atoms with van der Waals surface area (Å²) in [4.78, 5) is 29.5. The summed E-state index contributed by atoms with van der Waals surface area (Å²) in [6.07, 6.45) is 2.25. The van der Waals surface area contributed by atoms with Crippen LogP contribution in [-0.4, -0.2) is 49.4 Å². The summed E-state index contributed by atoms with van der Waals surface area (Å²) in [5.74, 6) is 0.0696. The number of nitrogens with one attached hydrogen (secondary N) is 3. The second kappa shape index (κ2) is 8.88. The highest BCUT2D eigenvalue weighted by molar-refractivity contribution is 7.13. The predicted octanol–water partition coefficient (Wildman–Crippen LogP) is 2.42. The SMILES string of the molecule is CNC(=O)C1(Cc2ccccc2-c2cccs2)CCCN(C(=O)C2CNNC2C)C1. The van der Waals surface area contributed by atoms with E-state index in [1.165, 1.54) is 10.4 Å². The van der Waals surface area contributed by atoms with Crippen molar-refractivity contribution in [2.75, 3.05) is 26.7 Å². The molecule has 3 N–H and O–H groups in total. The van der Waals surface area contributed by atoms with Gasteiger partial charge in [0.25, 0.3) is 0 Å². The van der Waals surface area contributed by atoms with Crippen molar-refractivity contribution in [2.24, 2.45) is 11.3 Å². The Bertz CT molecular complexity index is 900. The van der Waals surface area contributed by atoms with Gasteiger partial charge in [-0.15, -0.1) is 11.3 Å². The van der Waals surface area contributed by atoms with Gasteiger partial charge in [-0.2, -0.15) is 0 Å². The third kappa shape index (κ3) is 4.02. The van der Waals surface area contributed by atoms with E-state index in [0.717, 1.165) is 18.4 Å². The first-order chi connectivity index (χ1) is 14.5. The Morgan fingerprint density at radius 2 is 2.10 bits per heavy atom. The van der Waals surface area contributed by atoms with Crippen molar-refractivity contribution >= 4 is 23.2 Å². The minimum atomic E-state index is -0.612. The van der Waals surface area contributed by atoms with Gasteiger partial charge >= 0.3 is 0 Å². The molecule has 0 spiro atoms. The number of carbonyl (C=O) groups excluding carboxylic acids is 2. The summed E-state index contributed by atoms with van der Waals surface area (Å²) < 4.78 is 0. The molecule has 3 unspecified atom stereocenters. The van der Waals surface area contributed by atoms with Crippen LogP contribution in [0.4, 0.5) is 0 Å². The highest BCUT2D eigenvalue weighted by Gasteiger charge is 2.45. The van der Waals surface area contributed by atoms with E-state index >= 15 is 0 Å². The normalized spacial score (nSPS) is 26.5. The van der Waals surface area contributed by atoms with Gasteiger partial charge in [0.15, 0.2) is 0 Å². The van der Waals surface area contributed by atoms with Crippen LogP contribution in [0.2, 0.25) is 0 Å². The summed E-state index contributed by atoms with van der Waals surface area (Å²) in [6, 6.07) is 12.6. The summed E-state index contributed by atoms with van der Waals surface area (Å²) in [5.41, 5.74) is 7.94. The molecule has 30 heavy (non-hydrogen) atoms. The number of thiophene rings is 1.